The summed E-state index contributed by atoms with van der Waals surface area (Å²) in [4.78, 5) is 26.3. The number of amides is 2. The van der Waals surface area contributed by atoms with Gasteiger partial charge in [0.2, 0.25) is 5.91 Å². The minimum Gasteiger partial charge on any atom is -0.352 e. The van der Waals surface area contributed by atoms with Crippen LogP contribution in [-0.2, 0) is 4.79 Å². The van der Waals surface area contributed by atoms with Crippen molar-refractivity contribution in [3.05, 3.63) is 35.9 Å². The van der Waals surface area contributed by atoms with Crippen LogP contribution >= 0.6 is 0 Å². The first-order valence-electron chi connectivity index (χ1n) is 6.92. The first-order valence-corrected chi connectivity index (χ1v) is 6.92. The number of nitrogens with zero attached hydrogens (tertiary/aromatic N) is 1. The van der Waals surface area contributed by atoms with E-state index in [1.807, 2.05) is 18.2 Å². The molecule has 4 heteroatoms. The van der Waals surface area contributed by atoms with Crippen molar-refractivity contribution in [1.29, 1.82) is 0 Å². The zero-order valence-electron chi connectivity index (χ0n) is 10.8. The summed E-state index contributed by atoms with van der Waals surface area (Å²) >= 11 is 0. The average Bonchev–Trinajstić information content (AvgIpc) is 3.11. The molecule has 0 bridgehead atoms. The smallest absolute Gasteiger partial charge is 0.254 e. The quantitative estimate of drug-likeness (QED) is 0.894. The maximum atomic E-state index is 12.4. The third-order valence-electron chi connectivity index (χ3n) is 3.76. The number of rotatable bonds is 3. The molecule has 2 amide bonds. The van der Waals surface area contributed by atoms with E-state index in [2.05, 4.69) is 5.32 Å². The van der Waals surface area contributed by atoms with Crippen LogP contribution in [0.1, 0.15) is 36.0 Å². The summed E-state index contributed by atoms with van der Waals surface area (Å²) < 4.78 is 0. The highest BCUT2D eigenvalue weighted by Crippen LogP contribution is 2.23. The number of carbonyl (C=O) groups is 2. The number of hydrogen-bond acceptors (Lipinski definition) is 2. The standard InChI is InChI=1S/C15H18N2O2/c18-14(16-12-8-9-12)13-7-4-10-17(13)15(19)11-5-2-1-3-6-11/h1-3,5-6,12-13H,4,7-10H2,(H,16,18)/t13-/m0/s1. The predicted molar refractivity (Wildman–Crippen MR) is 71.7 cm³/mol. The molecule has 2 aliphatic rings. The Morgan fingerprint density at radius 3 is 2.53 bits per heavy atom. The number of likely N-dealkylation sites (tertiary alicyclic amines) is 1. The molecule has 1 aromatic carbocycles. The molecule has 19 heavy (non-hydrogen) atoms. The van der Waals surface area contributed by atoms with E-state index in [9.17, 15) is 9.59 Å². The number of carbonyl (C=O) groups excluding carboxylic acids is 2. The van der Waals surface area contributed by atoms with Crippen molar-refractivity contribution < 1.29 is 9.59 Å². The summed E-state index contributed by atoms with van der Waals surface area (Å²) in [5.74, 6) is -0.0154. The molecule has 1 heterocycles. The molecule has 0 spiro atoms. The molecule has 4 nitrogen and oxygen atoms in total. The van der Waals surface area contributed by atoms with E-state index in [4.69, 9.17) is 0 Å². The minimum atomic E-state index is -0.284. The number of benzene rings is 1. The van der Waals surface area contributed by atoms with Gasteiger partial charge in [0, 0.05) is 18.2 Å². The maximum Gasteiger partial charge on any atom is 0.254 e. The van der Waals surface area contributed by atoms with E-state index in [1.165, 1.54) is 0 Å². The van der Waals surface area contributed by atoms with Crippen molar-refractivity contribution in [3.63, 3.8) is 0 Å². The van der Waals surface area contributed by atoms with Crippen molar-refractivity contribution in [2.75, 3.05) is 6.54 Å². The summed E-state index contributed by atoms with van der Waals surface area (Å²) in [7, 11) is 0. The second-order valence-corrected chi connectivity index (χ2v) is 5.31. The molecule has 1 atom stereocenters. The predicted octanol–water partition coefficient (Wildman–Crippen LogP) is 1.57. The molecule has 1 aliphatic carbocycles. The molecule has 3 rings (SSSR count). The molecule has 1 N–H and O–H groups in total. The van der Waals surface area contributed by atoms with Crippen LogP contribution in [-0.4, -0.2) is 35.3 Å². The van der Waals surface area contributed by atoms with Gasteiger partial charge < -0.3 is 10.2 Å². The summed E-state index contributed by atoms with van der Waals surface area (Å²) in [6, 6.07) is 9.26. The fourth-order valence-corrected chi connectivity index (χ4v) is 2.55. The normalized spacial score (nSPS) is 22.3. The van der Waals surface area contributed by atoms with Crippen LogP contribution < -0.4 is 5.32 Å². The molecule has 2 fully saturated rings. The first kappa shape index (κ1) is 12.2. The Morgan fingerprint density at radius 2 is 1.84 bits per heavy atom. The Hall–Kier alpha value is -1.84. The molecular formula is C15H18N2O2. The zero-order valence-corrected chi connectivity index (χ0v) is 10.8. The highest BCUT2D eigenvalue weighted by molar-refractivity contribution is 5.98. The van der Waals surface area contributed by atoms with Gasteiger partial charge in [0.25, 0.3) is 5.91 Å². The highest BCUT2D eigenvalue weighted by Gasteiger charge is 2.36. The lowest BCUT2D eigenvalue weighted by molar-refractivity contribution is -0.125. The van der Waals surface area contributed by atoms with Crippen LogP contribution in [0, 0.1) is 0 Å². The summed E-state index contributed by atoms with van der Waals surface area (Å²) in [6.07, 6.45) is 3.83. The number of hydrogen-bond donors (Lipinski definition) is 1. The van der Waals surface area contributed by atoms with Gasteiger partial charge in [-0.2, -0.15) is 0 Å². The highest BCUT2D eigenvalue weighted by atomic mass is 16.2. The Bertz CT molecular complexity index is 482. The fraction of sp³-hybridized carbons (Fsp3) is 0.467. The van der Waals surface area contributed by atoms with Gasteiger partial charge in [0.15, 0.2) is 0 Å². The fourth-order valence-electron chi connectivity index (χ4n) is 2.55. The molecule has 100 valence electrons. The monoisotopic (exact) mass is 258 g/mol. The second-order valence-electron chi connectivity index (χ2n) is 5.31. The second kappa shape index (κ2) is 5.03. The maximum absolute atomic E-state index is 12.4. The molecule has 0 unspecified atom stereocenters. The molecule has 1 saturated heterocycles. The van der Waals surface area contributed by atoms with E-state index < -0.39 is 0 Å². The van der Waals surface area contributed by atoms with Crippen LogP contribution in [0.5, 0.6) is 0 Å². The van der Waals surface area contributed by atoms with E-state index in [0.717, 1.165) is 25.7 Å². The van der Waals surface area contributed by atoms with Crippen molar-refractivity contribution in [1.82, 2.24) is 10.2 Å². The molecule has 1 aliphatic heterocycles. The van der Waals surface area contributed by atoms with Gasteiger partial charge in [0.05, 0.1) is 0 Å². The Kier molecular flexibility index (Phi) is 3.23. The molecule has 0 aromatic heterocycles. The van der Waals surface area contributed by atoms with Gasteiger partial charge in [-0.3, -0.25) is 9.59 Å². The topological polar surface area (TPSA) is 49.4 Å². The SMILES string of the molecule is O=C(NC1CC1)[C@@H]1CCCN1C(=O)c1ccccc1. The molecule has 1 aromatic rings. The molecule has 1 saturated carbocycles. The van der Waals surface area contributed by atoms with Crippen LogP contribution in [0.2, 0.25) is 0 Å². The van der Waals surface area contributed by atoms with Gasteiger partial charge in [-0.15, -0.1) is 0 Å². The Balaban J connectivity index is 1.71. The van der Waals surface area contributed by atoms with E-state index in [0.29, 0.717) is 18.2 Å². The lowest BCUT2D eigenvalue weighted by Gasteiger charge is -2.24. The van der Waals surface area contributed by atoms with Gasteiger partial charge in [0.1, 0.15) is 6.04 Å². The summed E-state index contributed by atoms with van der Waals surface area (Å²) in [6.45, 7) is 0.677. The largest absolute Gasteiger partial charge is 0.352 e. The van der Waals surface area contributed by atoms with Crippen LogP contribution in [0.4, 0.5) is 0 Å². The van der Waals surface area contributed by atoms with E-state index in [-0.39, 0.29) is 17.9 Å². The van der Waals surface area contributed by atoms with Gasteiger partial charge in [-0.1, -0.05) is 18.2 Å². The lowest BCUT2D eigenvalue weighted by atomic mass is 10.1. The van der Waals surface area contributed by atoms with Crippen LogP contribution in [0.25, 0.3) is 0 Å². The minimum absolute atomic E-state index is 0.0179. The average molecular weight is 258 g/mol. The van der Waals surface area contributed by atoms with Crippen LogP contribution in [0.15, 0.2) is 30.3 Å². The van der Waals surface area contributed by atoms with Crippen molar-refractivity contribution in [3.8, 4) is 0 Å². The Morgan fingerprint density at radius 1 is 1.11 bits per heavy atom. The van der Waals surface area contributed by atoms with Crippen molar-refractivity contribution >= 4 is 11.8 Å². The van der Waals surface area contributed by atoms with E-state index >= 15 is 0 Å². The van der Waals surface area contributed by atoms with Gasteiger partial charge >= 0.3 is 0 Å². The first-order chi connectivity index (χ1) is 9.25. The zero-order chi connectivity index (χ0) is 13.2. The Labute approximate surface area is 112 Å². The molecular weight excluding hydrogens is 240 g/mol. The number of nitrogens with one attached hydrogen (secondary N) is 1. The third-order valence-corrected chi connectivity index (χ3v) is 3.76. The van der Waals surface area contributed by atoms with Crippen molar-refractivity contribution in [2.24, 2.45) is 0 Å². The van der Waals surface area contributed by atoms with Gasteiger partial charge in [-0.05, 0) is 37.8 Å². The lowest BCUT2D eigenvalue weighted by Crippen LogP contribution is -2.46. The molecule has 0 radical (unpaired) electrons. The summed E-state index contributed by atoms with van der Waals surface area (Å²) in [5, 5.41) is 3.00. The van der Waals surface area contributed by atoms with Crippen molar-refractivity contribution in [2.45, 2.75) is 37.8 Å². The van der Waals surface area contributed by atoms with Crippen LogP contribution in [0.3, 0.4) is 0 Å². The summed E-state index contributed by atoms with van der Waals surface area (Å²) in [5.41, 5.74) is 0.661. The van der Waals surface area contributed by atoms with Gasteiger partial charge in [-0.25, -0.2) is 0 Å². The third kappa shape index (κ3) is 2.62. The van der Waals surface area contributed by atoms with E-state index in [1.54, 1.807) is 17.0 Å².